The summed E-state index contributed by atoms with van der Waals surface area (Å²) in [4.78, 5) is 22.9. The molecule has 0 bridgehead atoms. The molecule has 0 atom stereocenters. The van der Waals surface area contributed by atoms with Gasteiger partial charge in [0, 0.05) is 43.9 Å². The minimum Gasteiger partial charge on any atom is -0.363 e. The van der Waals surface area contributed by atoms with Crippen LogP contribution in [0.1, 0.15) is 27.2 Å². The van der Waals surface area contributed by atoms with Gasteiger partial charge in [-0.25, -0.2) is 0 Å². The van der Waals surface area contributed by atoms with E-state index in [9.17, 15) is 4.79 Å². The van der Waals surface area contributed by atoms with Gasteiger partial charge in [-0.2, -0.15) is 0 Å². The molecule has 4 rings (SSSR count). The van der Waals surface area contributed by atoms with Crippen molar-refractivity contribution < 1.29 is 4.79 Å². The van der Waals surface area contributed by atoms with Crippen molar-refractivity contribution in [2.24, 2.45) is 0 Å². The van der Waals surface area contributed by atoms with E-state index in [4.69, 9.17) is 0 Å². The second-order valence-corrected chi connectivity index (χ2v) is 6.07. The van der Waals surface area contributed by atoms with Gasteiger partial charge in [0.05, 0.1) is 0 Å². The molecule has 1 aliphatic rings. The van der Waals surface area contributed by atoms with Gasteiger partial charge >= 0.3 is 0 Å². The Morgan fingerprint density at radius 3 is 2.56 bits per heavy atom. The van der Waals surface area contributed by atoms with Gasteiger partial charge < -0.3 is 10.2 Å². The largest absolute Gasteiger partial charge is 0.363 e. The third-order valence-corrected chi connectivity index (χ3v) is 4.36. The Morgan fingerprint density at radius 1 is 1.04 bits per heavy atom. The Balaban J connectivity index is 1.46. The van der Waals surface area contributed by atoms with Crippen LogP contribution in [0.5, 0.6) is 0 Å². The van der Waals surface area contributed by atoms with E-state index < -0.39 is 0 Å². The van der Waals surface area contributed by atoms with Gasteiger partial charge in [-0.15, -0.1) is 0 Å². The van der Waals surface area contributed by atoms with Crippen molar-refractivity contribution in [1.29, 1.82) is 0 Å². The summed E-state index contributed by atoms with van der Waals surface area (Å²) in [5.74, 6) is -0.178. The first-order valence-electron chi connectivity index (χ1n) is 8.24. The van der Waals surface area contributed by atoms with E-state index >= 15 is 0 Å². The third kappa shape index (κ3) is 3.35. The Kier molecular flexibility index (Phi) is 4.12. The van der Waals surface area contributed by atoms with Gasteiger partial charge in [0.25, 0.3) is 5.91 Å². The van der Waals surface area contributed by atoms with Crippen LogP contribution in [0, 0.1) is 0 Å². The maximum absolute atomic E-state index is 12.4. The van der Waals surface area contributed by atoms with Crippen LogP contribution >= 0.6 is 0 Å². The lowest BCUT2D eigenvalue weighted by atomic mass is 10.1. The molecular formula is C20H18N4O. The van der Waals surface area contributed by atoms with E-state index in [1.807, 2.05) is 24.3 Å². The standard InChI is InChI=1S/C20H18N4O/c25-20(23-12-15-4-3-8-21-11-15)19-10-18(7-9-22-19)24-13-16-5-1-2-6-17(16)14-24/h1-11H,12-14H2,(H,23,25). The molecule has 0 radical (unpaired) electrons. The summed E-state index contributed by atoms with van der Waals surface area (Å²) in [6.07, 6.45) is 5.15. The van der Waals surface area contributed by atoms with Gasteiger partial charge in [-0.1, -0.05) is 30.3 Å². The fraction of sp³-hybridized carbons (Fsp3) is 0.150. The number of benzene rings is 1. The van der Waals surface area contributed by atoms with E-state index in [-0.39, 0.29) is 5.91 Å². The summed E-state index contributed by atoms with van der Waals surface area (Å²) < 4.78 is 0. The zero-order chi connectivity index (χ0) is 17.1. The van der Waals surface area contributed by atoms with Gasteiger partial charge in [0.1, 0.15) is 5.69 Å². The topological polar surface area (TPSA) is 58.1 Å². The van der Waals surface area contributed by atoms with E-state index in [0.717, 1.165) is 24.3 Å². The SMILES string of the molecule is O=C(NCc1cccnc1)c1cc(N2Cc3ccccc3C2)ccn1. The second-order valence-electron chi connectivity index (χ2n) is 6.07. The average Bonchev–Trinajstić information content (AvgIpc) is 3.11. The Morgan fingerprint density at radius 2 is 1.84 bits per heavy atom. The van der Waals surface area contributed by atoms with Crippen LogP contribution in [-0.4, -0.2) is 15.9 Å². The highest BCUT2D eigenvalue weighted by molar-refractivity contribution is 5.93. The third-order valence-electron chi connectivity index (χ3n) is 4.36. The van der Waals surface area contributed by atoms with Crippen LogP contribution in [0.25, 0.3) is 0 Å². The number of pyridine rings is 2. The molecule has 0 aliphatic carbocycles. The van der Waals surface area contributed by atoms with Crippen LogP contribution in [0.2, 0.25) is 0 Å². The molecule has 0 spiro atoms. The molecule has 1 aliphatic heterocycles. The van der Waals surface area contributed by atoms with Crippen LogP contribution in [-0.2, 0) is 19.6 Å². The number of carbonyl (C=O) groups is 1. The highest BCUT2D eigenvalue weighted by atomic mass is 16.1. The summed E-state index contributed by atoms with van der Waals surface area (Å²) in [6.45, 7) is 2.15. The maximum Gasteiger partial charge on any atom is 0.270 e. The summed E-state index contributed by atoms with van der Waals surface area (Å²) in [7, 11) is 0. The summed E-state index contributed by atoms with van der Waals surface area (Å²) in [6, 6.07) is 16.0. The number of carbonyl (C=O) groups excluding carboxylic acids is 1. The molecule has 25 heavy (non-hydrogen) atoms. The fourth-order valence-corrected chi connectivity index (χ4v) is 3.03. The second kappa shape index (κ2) is 6.73. The lowest BCUT2D eigenvalue weighted by Gasteiger charge is -2.18. The van der Waals surface area contributed by atoms with Gasteiger partial charge in [-0.05, 0) is 34.9 Å². The van der Waals surface area contributed by atoms with Crippen molar-refractivity contribution >= 4 is 11.6 Å². The Bertz CT molecular complexity index is 870. The number of hydrogen-bond donors (Lipinski definition) is 1. The molecule has 0 unspecified atom stereocenters. The molecule has 1 aromatic carbocycles. The smallest absolute Gasteiger partial charge is 0.270 e. The maximum atomic E-state index is 12.4. The molecule has 0 saturated heterocycles. The molecule has 124 valence electrons. The van der Waals surface area contributed by atoms with E-state index in [0.29, 0.717) is 12.2 Å². The summed E-state index contributed by atoms with van der Waals surface area (Å²) in [5.41, 5.74) is 5.07. The van der Waals surface area contributed by atoms with Crippen LogP contribution in [0.15, 0.2) is 67.1 Å². The van der Waals surface area contributed by atoms with Gasteiger partial charge in [0.15, 0.2) is 0 Å². The molecule has 3 aromatic rings. The molecule has 2 aromatic heterocycles. The van der Waals surface area contributed by atoms with Crippen LogP contribution < -0.4 is 10.2 Å². The highest BCUT2D eigenvalue weighted by Gasteiger charge is 2.19. The summed E-state index contributed by atoms with van der Waals surface area (Å²) in [5, 5.41) is 2.89. The number of rotatable bonds is 4. The number of amides is 1. The predicted octanol–water partition coefficient (Wildman–Crippen LogP) is 2.93. The van der Waals surface area contributed by atoms with Crippen molar-refractivity contribution in [3.63, 3.8) is 0 Å². The molecule has 5 nitrogen and oxygen atoms in total. The number of nitrogens with one attached hydrogen (secondary N) is 1. The molecular weight excluding hydrogens is 312 g/mol. The van der Waals surface area contributed by atoms with Crippen LogP contribution in [0.4, 0.5) is 5.69 Å². The number of anilines is 1. The molecule has 3 heterocycles. The minimum atomic E-state index is -0.178. The quantitative estimate of drug-likeness (QED) is 0.799. The number of fused-ring (bicyclic) bond motifs is 1. The number of aromatic nitrogens is 2. The molecule has 0 fully saturated rings. The summed E-state index contributed by atoms with van der Waals surface area (Å²) >= 11 is 0. The minimum absolute atomic E-state index is 0.178. The molecule has 5 heteroatoms. The zero-order valence-electron chi connectivity index (χ0n) is 13.7. The fourth-order valence-electron chi connectivity index (χ4n) is 3.03. The normalized spacial score (nSPS) is 12.7. The van der Waals surface area contributed by atoms with Crippen molar-refractivity contribution in [1.82, 2.24) is 15.3 Å². The Hall–Kier alpha value is -3.21. The monoisotopic (exact) mass is 330 g/mol. The average molecular weight is 330 g/mol. The van der Waals surface area contributed by atoms with E-state index in [2.05, 4.69) is 44.5 Å². The highest BCUT2D eigenvalue weighted by Crippen LogP contribution is 2.27. The molecule has 0 saturated carbocycles. The first-order valence-corrected chi connectivity index (χ1v) is 8.24. The Labute approximate surface area is 146 Å². The number of nitrogens with zero attached hydrogens (tertiary/aromatic N) is 3. The van der Waals surface area contributed by atoms with Crippen molar-refractivity contribution in [3.8, 4) is 0 Å². The lowest BCUT2D eigenvalue weighted by Crippen LogP contribution is -2.24. The van der Waals surface area contributed by atoms with Crippen molar-refractivity contribution in [2.75, 3.05) is 4.90 Å². The predicted molar refractivity (Wildman–Crippen MR) is 96.0 cm³/mol. The van der Waals surface area contributed by atoms with Crippen LogP contribution in [0.3, 0.4) is 0 Å². The molecule has 1 amide bonds. The van der Waals surface area contributed by atoms with E-state index in [1.54, 1.807) is 18.6 Å². The van der Waals surface area contributed by atoms with Crippen molar-refractivity contribution in [3.05, 3.63) is 89.5 Å². The van der Waals surface area contributed by atoms with Gasteiger partial charge in [-0.3, -0.25) is 14.8 Å². The van der Waals surface area contributed by atoms with Crippen molar-refractivity contribution in [2.45, 2.75) is 19.6 Å². The first-order chi connectivity index (χ1) is 12.3. The van der Waals surface area contributed by atoms with E-state index in [1.165, 1.54) is 11.1 Å². The molecule has 1 N–H and O–H groups in total. The lowest BCUT2D eigenvalue weighted by molar-refractivity contribution is 0.0946. The van der Waals surface area contributed by atoms with Gasteiger partial charge in [0.2, 0.25) is 0 Å². The number of hydrogen-bond acceptors (Lipinski definition) is 4. The zero-order valence-corrected chi connectivity index (χ0v) is 13.7. The first kappa shape index (κ1) is 15.3.